The highest BCUT2D eigenvalue weighted by Crippen LogP contribution is 2.45. The quantitative estimate of drug-likeness (QED) is 0.168. The van der Waals surface area contributed by atoms with Crippen LogP contribution in [-0.4, -0.2) is 0 Å². The van der Waals surface area contributed by atoms with Crippen LogP contribution >= 0.6 is 63.7 Å². The smallest absolute Gasteiger partial charge is 0.0261 e. The van der Waals surface area contributed by atoms with Gasteiger partial charge in [-0.05, 0) is 91.7 Å². The van der Waals surface area contributed by atoms with Crippen LogP contribution in [0.4, 0.5) is 0 Å². The Bertz CT molecular complexity index is 1790. The molecule has 0 spiro atoms. The standard InChI is InChI=1S/C34H20Br4/c35-31-16-24-14-8-7-13-23(24)15-27(31)29-19-34(38)30(20-33(29)37)28-17-25(21-9-3-1-4-10-21)26(18-32(28)36)22-11-5-2-6-12-22/h1-20H. The Labute approximate surface area is 256 Å². The van der Waals surface area contributed by atoms with E-state index in [1.807, 2.05) is 0 Å². The van der Waals surface area contributed by atoms with E-state index in [4.69, 9.17) is 0 Å². The van der Waals surface area contributed by atoms with Crippen LogP contribution in [-0.2, 0) is 0 Å². The van der Waals surface area contributed by atoms with Crippen LogP contribution in [0.1, 0.15) is 0 Å². The van der Waals surface area contributed by atoms with Crippen molar-refractivity contribution < 1.29 is 0 Å². The first kappa shape index (κ1) is 25.8. The minimum Gasteiger partial charge on any atom is -0.0622 e. The third-order valence-corrected chi connectivity index (χ3v) is 9.37. The molecule has 0 fully saturated rings. The van der Waals surface area contributed by atoms with E-state index >= 15 is 0 Å². The van der Waals surface area contributed by atoms with Crippen LogP contribution in [0.5, 0.6) is 0 Å². The second-order valence-electron chi connectivity index (χ2n) is 9.10. The van der Waals surface area contributed by atoms with Gasteiger partial charge in [0.1, 0.15) is 0 Å². The summed E-state index contributed by atoms with van der Waals surface area (Å²) in [4.78, 5) is 0. The molecule has 0 unspecified atom stereocenters. The number of benzene rings is 6. The number of hydrogen-bond acceptors (Lipinski definition) is 0. The fourth-order valence-electron chi connectivity index (χ4n) is 4.87. The summed E-state index contributed by atoms with van der Waals surface area (Å²) in [7, 11) is 0. The maximum atomic E-state index is 3.91. The highest BCUT2D eigenvalue weighted by Gasteiger charge is 2.18. The number of hydrogen-bond donors (Lipinski definition) is 0. The summed E-state index contributed by atoms with van der Waals surface area (Å²) in [5, 5.41) is 2.43. The minimum absolute atomic E-state index is 1.03. The highest BCUT2D eigenvalue weighted by molar-refractivity contribution is 9.11. The molecule has 0 radical (unpaired) electrons. The average molecular weight is 748 g/mol. The molecule has 0 aliphatic carbocycles. The largest absolute Gasteiger partial charge is 0.0622 e. The zero-order valence-corrected chi connectivity index (χ0v) is 26.4. The molecule has 0 amide bonds. The van der Waals surface area contributed by atoms with Crippen molar-refractivity contribution in [3.05, 3.63) is 139 Å². The molecule has 0 aliphatic heterocycles. The molecule has 4 heteroatoms. The zero-order chi connectivity index (χ0) is 26.2. The van der Waals surface area contributed by atoms with Gasteiger partial charge in [0.15, 0.2) is 0 Å². The Morgan fingerprint density at radius 2 is 0.632 bits per heavy atom. The van der Waals surface area contributed by atoms with E-state index in [0.29, 0.717) is 0 Å². The molecule has 0 bridgehead atoms. The molecular weight excluding hydrogens is 728 g/mol. The molecular formula is C34H20Br4. The summed E-state index contributed by atoms with van der Waals surface area (Å²) >= 11 is 15.5. The lowest BCUT2D eigenvalue weighted by Crippen LogP contribution is -1.92. The van der Waals surface area contributed by atoms with Gasteiger partial charge in [0, 0.05) is 17.9 Å². The Balaban J connectivity index is 1.52. The Kier molecular flexibility index (Phi) is 7.41. The lowest BCUT2D eigenvalue weighted by Gasteiger charge is -2.18. The lowest BCUT2D eigenvalue weighted by atomic mass is 9.90. The predicted molar refractivity (Wildman–Crippen MR) is 176 cm³/mol. The van der Waals surface area contributed by atoms with E-state index in [1.165, 1.54) is 33.0 Å². The van der Waals surface area contributed by atoms with Crippen molar-refractivity contribution in [1.82, 2.24) is 0 Å². The third kappa shape index (κ3) is 4.96. The van der Waals surface area contributed by atoms with Crippen molar-refractivity contribution >= 4 is 74.5 Å². The summed E-state index contributed by atoms with van der Waals surface area (Å²) in [5.41, 5.74) is 9.27. The van der Waals surface area contributed by atoms with E-state index in [-0.39, 0.29) is 0 Å². The van der Waals surface area contributed by atoms with Gasteiger partial charge in [0.25, 0.3) is 0 Å². The molecule has 184 valence electrons. The lowest BCUT2D eigenvalue weighted by molar-refractivity contribution is 1.50. The minimum atomic E-state index is 1.03. The summed E-state index contributed by atoms with van der Waals surface area (Å²) < 4.78 is 4.18. The van der Waals surface area contributed by atoms with Gasteiger partial charge in [-0.3, -0.25) is 0 Å². The van der Waals surface area contributed by atoms with Crippen molar-refractivity contribution in [3.63, 3.8) is 0 Å². The summed E-state index contributed by atoms with van der Waals surface area (Å²) in [5.74, 6) is 0. The van der Waals surface area contributed by atoms with Gasteiger partial charge in [-0.25, -0.2) is 0 Å². The van der Waals surface area contributed by atoms with E-state index in [0.717, 1.165) is 40.1 Å². The summed E-state index contributed by atoms with van der Waals surface area (Å²) in [6.07, 6.45) is 0. The van der Waals surface area contributed by atoms with Crippen molar-refractivity contribution in [2.75, 3.05) is 0 Å². The molecule has 6 rings (SSSR count). The van der Waals surface area contributed by atoms with Crippen molar-refractivity contribution in [1.29, 1.82) is 0 Å². The first-order valence-electron chi connectivity index (χ1n) is 12.1. The average Bonchev–Trinajstić information content (AvgIpc) is 2.95. The second-order valence-corrected chi connectivity index (χ2v) is 12.5. The first-order valence-corrected chi connectivity index (χ1v) is 15.3. The highest BCUT2D eigenvalue weighted by atomic mass is 79.9. The third-order valence-electron chi connectivity index (χ3n) is 6.75. The summed E-state index contributed by atoms with van der Waals surface area (Å²) in [6, 6.07) is 42.9. The van der Waals surface area contributed by atoms with Gasteiger partial charge < -0.3 is 0 Å². The monoisotopic (exact) mass is 744 g/mol. The van der Waals surface area contributed by atoms with Crippen LogP contribution in [0.3, 0.4) is 0 Å². The van der Waals surface area contributed by atoms with Crippen molar-refractivity contribution in [2.24, 2.45) is 0 Å². The first-order chi connectivity index (χ1) is 18.5. The molecule has 0 aliphatic rings. The zero-order valence-electron chi connectivity index (χ0n) is 20.1. The number of rotatable bonds is 4. The van der Waals surface area contributed by atoms with E-state index in [1.54, 1.807) is 0 Å². The van der Waals surface area contributed by atoms with Gasteiger partial charge in [0.05, 0.1) is 0 Å². The van der Waals surface area contributed by atoms with Crippen LogP contribution in [0.15, 0.2) is 139 Å². The molecule has 0 atom stereocenters. The molecule has 0 heterocycles. The van der Waals surface area contributed by atoms with Gasteiger partial charge in [-0.1, -0.05) is 149 Å². The van der Waals surface area contributed by atoms with Crippen molar-refractivity contribution in [3.8, 4) is 44.5 Å². The second kappa shape index (κ2) is 10.9. The van der Waals surface area contributed by atoms with Crippen LogP contribution < -0.4 is 0 Å². The van der Waals surface area contributed by atoms with Gasteiger partial charge in [-0.15, -0.1) is 0 Å². The topological polar surface area (TPSA) is 0 Å². The fourth-order valence-corrected chi connectivity index (χ4v) is 7.12. The SMILES string of the molecule is Brc1cc(-c2cc3ccccc3cc2Br)c(Br)cc1-c1cc(-c2ccccc2)c(-c2ccccc2)cc1Br. The molecule has 0 nitrogen and oxygen atoms in total. The van der Waals surface area contributed by atoms with Crippen LogP contribution in [0, 0.1) is 0 Å². The van der Waals surface area contributed by atoms with Crippen molar-refractivity contribution in [2.45, 2.75) is 0 Å². The molecule has 6 aromatic rings. The number of halogens is 4. The molecule has 6 aromatic carbocycles. The van der Waals surface area contributed by atoms with E-state index in [9.17, 15) is 0 Å². The molecule has 0 saturated heterocycles. The Morgan fingerprint density at radius 3 is 1.16 bits per heavy atom. The molecule has 38 heavy (non-hydrogen) atoms. The van der Waals surface area contributed by atoms with Crippen LogP contribution in [0.25, 0.3) is 55.3 Å². The van der Waals surface area contributed by atoms with E-state index < -0.39 is 0 Å². The predicted octanol–water partition coefficient (Wildman–Crippen LogP) is 12.6. The van der Waals surface area contributed by atoms with Gasteiger partial charge >= 0.3 is 0 Å². The maximum Gasteiger partial charge on any atom is 0.0261 e. The van der Waals surface area contributed by atoms with E-state index in [2.05, 4.69) is 185 Å². The normalized spacial score (nSPS) is 11.2. The van der Waals surface area contributed by atoms with Crippen LogP contribution in [0.2, 0.25) is 0 Å². The molecule has 0 N–H and O–H groups in total. The Hall–Kier alpha value is -2.50. The maximum absolute atomic E-state index is 3.91. The fraction of sp³-hybridized carbons (Fsp3) is 0. The summed E-state index contributed by atoms with van der Waals surface area (Å²) in [6.45, 7) is 0. The number of fused-ring (bicyclic) bond motifs is 1. The van der Waals surface area contributed by atoms with Gasteiger partial charge in [-0.2, -0.15) is 0 Å². The Morgan fingerprint density at radius 1 is 0.289 bits per heavy atom. The van der Waals surface area contributed by atoms with Gasteiger partial charge in [0.2, 0.25) is 0 Å². The molecule has 0 saturated carbocycles. The molecule has 0 aromatic heterocycles.